The molecule has 0 saturated carbocycles. The van der Waals surface area contributed by atoms with E-state index in [0.29, 0.717) is 6.04 Å². The Hall–Kier alpha value is -1.10. The Morgan fingerprint density at radius 3 is 2.39 bits per heavy atom. The van der Waals surface area contributed by atoms with Crippen LogP contribution in [0.15, 0.2) is 24.3 Å². The van der Waals surface area contributed by atoms with Crippen molar-refractivity contribution in [2.75, 3.05) is 41.5 Å². The van der Waals surface area contributed by atoms with Gasteiger partial charge in [-0.3, -0.25) is 0 Å². The molecule has 0 aliphatic rings. The van der Waals surface area contributed by atoms with Gasteiger partial charge in [-0.2, -0.15) is 0 Å². The molecule has 1 aromatic carbocycles. The van der Waals surface area contributed by atoms with Crippen LogP contribution in [0.1, 0.15) is 5.56 Å². The maximum Gasteiger partial charge on any atom is 0.118 e. The Kier molecular flexibility index (Phi) is 6.72. The highest BCUT2D eigenvalue weighted by Crippen LogP contribution is 2.12. The van der Waals surface area contributed by atoms with Crippen molar-refractivity contribution in [1.82, 2.24) is 10.2 Å². The Bertz CT molecular complexity index is 327. The third-order valence-corrected chi connectivity index (χ3v) is 2.92. The van der Waals surface area contributed by atoms with Gasteiger partial charge in [0.25, 0.3) is 0 Å². The molecule has 0 aliphatic carbocycles. The summed E-state index contributed by atoms with van der Waals surface area (Å²) in [5.74, 6) is 0.897. The first-order valence-electron chi connectivity index (χ1n) is 6.17. The van der Waals surface area contributed by atoms with Crippen molar-refractivity contribution in [1.29, 1.82) is 0 Å². The minimum atomic E-state index is 0.359. The van der Waals surface area contributed by atoms with Gasteiger partial charge in [-0.1, -0.05) is 12.1 Å². The predicted octanol–water partition coefficient (Wildman–Crippen LogP) is 1.36. The van der Waals surface area contributed by atoms with Gasteiger partial charge in [-0.25, -0.2) is 0 Å². The second-order valence-electron chi connectivity index (χ2n) is 4.49. The summed E-state index contributed by atoms with van der Waals surface area (Å²) < 4.78 is 10.3. The molecule has 0 heterocycles. The molecule has 0 saturated heterocycles. The van der Waals surface area contributed by atoms with Crippen molar-refractivity contribution in [3.8, 4) is 5.75 Å². The number of rotatable bonds is 8. The smallest absolute Gasteiger partial charge is 0.118 e. The van der Waals surface area contributed by atoms with Crippen molar-refractivity contribution >= 4 is 0 Å². The van der Waals surface area contributed by atoms with Gasteiger partial charge in [0.1, 0.15) is 5.75 Å². The highest BCUT2D eigenvalue weighted by atomic mass is 16.5. The Morgan fingerprint density at radius 1 is 1.22 bits per heavy atom. The summed E-state index contributed by atoms with van der Waals surface area (Å²) in [7, 11) is 7.49. The SMILES string of the molecule is CNC(COC)CN(C)Cc1ccc(OC)cc1. The first-order valence-corrected chi connectivity index (χ1v) is 6.17. The highest BCUT2D eigenvalue weighted by Gasteiger charge is 2.09. The van der Waals surface area contributed by atoms with E-state index in [2.05, 4.69) is 29.4 Å². The van der Waals surface area contributed by atoms with Crippen LogP contribution in [-0.2, 0) is 11.3 Å². The van der Waals surface area contributed by atoms with Crippen molar-refractivity contribution < 1.29 is 9.47 Å². The van der Waals surface area contributed by atoms with E-state index in [1.165, 1.54) is 5.56 Å². The largest absolute Gasteiger partial charge is 0.497 e. The van der Waals surface area contributed by atoms with Crippen molar-refractivity contribution in [2.24, 2.45) is 0 Å². The molecule has 1 N–H and O–H groups in total. The first kappa shape index (κ1) is 15.0. The summed E-state index contributed by atoms with van der Waals surface area (Å²) in [5, 5.41) is 3.25. The minimum absolute atomic E-state index is 0.359. The van der Waals surface area contributed by atoms with Crippen LogP contribution in [0.4, 0.5) is 0 Å². The summed E-state index contributed by atoms with van der Waals surface area (Å²) in [6.45, 7) is 2.60. The maximum atomic E-state index is 5.17. The molecule has 0 amide bonds. The molecule has 1 rings (SSSR count). The highest BCUT2D eigenvalue weighted by molar-refractivity contribution is 5.27. The number of likely N-dealkylation sites (N-methyl/N-ethyl adjacent to an activating group) is 2. The molecule has 4 heteroatoms. The maximum absolute atomic E-state index is 5.17. The van der Waals surface area contributed by atoms with E-state index in [1.807, 2.05) is 19.2 Å². The molecule has 1 aromatic rings. The third-order valence-electron chi connectivity index (χ3n) is 2.92. The zero-order chi connectivity index (χ0) is 13.4. The van der Waals surface area contributed by atoms with Gasteiger partial charge in [-0.15, -0.1) is 0 Å². The van der Waals surface area contributed by atoms with Gasteiger partial charge in [-0.05, 0) is 31.8 Å². The van der Waals surface area contributed by atoms with E-state index in [-0.39, 0.29) is 0 Å². The summed E-state index contributed by atoms with van der Waals surface area (Å²) in [6, 6.07) is 8.54. The molecule has 102 valence electrons. The fourth-order valence-corrected chi connectivity index (χ4v) is 1.91. The van der Waals surface area contributed by atoms with E-state index in [1.54, 1.807) is 14.2 Å². The molecule has 1 atom stereocenters. The van der Waals surface area contributed by atoms with Crippen molar-refractivity contribution in [3.05, 3.63) is 29.8 Å². The Balaban J connectivity index is 2.44. The summed E-state index contributed by atoms with van der Waals surface area (Å²) in [4.78, 5) is 2.28. The Labute approximate surface area is 110 Å². The molecule has 18 heavy (non-hydrogen) atoms. The van der Waals surface area contributed by atoms with Gasteiger partial charge in [0.05, 0.1) is 13.7 Å². The summed E-state index contributed by atoms with van der Waals surface area (Å²) in [5.41, 5.74) is 1.28. The molecule has 4 nitrogen and oxygen atoms in total. The quantitative estimate of drug-likeness (QED) is 0.757. The molecule has 0 spiro atoms. The minimum Gasteiger partial charge on any atom is -0.497 e. The van der Waals surface area contributed by atoms with Crippen LogP contribution >= 0.6 is 0 Å². The molecule has 0 aromatic heterocycles. The average molecular weight is 252 g/mol. The van der Waals surface area contributed by atoms with Gasteiger partial charge >= 0.3 is 0 Å². The lowest BCUT2D eigenvalue weighted by Crippen LogP contribution is -2.40. The molecular formula is C14H24N2O2. The monoisotopic (exact) mass is 252 g/mol. The lowest BCUT2D eigenvalue weighted by atomic mass is 10.2. The predicted molar refractivity (Wildman–Crippen MR) is 74.1 cm³/mol. The molecule has 0 fully saturated rings. The van der Waals surface area contributed by atoms with Crippen LogP contribution < -0.4 is 10.1 Å². The van der Waals surface area contributed by atoms with Crippen LogP contribution in [0.3, 0.4) is 0 Å². The number of benzene rings is 1. The molecule has 0 radical (unpaired) electrons. The number of methoxy groups -OCH3 is 2. The van der Waals surface area contributed by atoms with Gasteiger partial charge < -0.3 is 19.7 Å². The zero-order valence-corrected chi connectivity index (χ0v) is 11.8. The Morgan fingerprint density at radius 2 is 1.89 bits per heavy atom. The molecular weight excluding hydrogens is 228 g/mol. The molecule has 1 unspecified atom stereocenters. The zero-order valence-electron chi connectivity index (χ0n) is 11.8. The standard InChI is InChI=1S/C14H24N2O2/c1-15-13(11-17-3)10-16(2)9-12-5-7-14(18-4)8-6-12/h5-8,13,15H,9-11H2,1-4H3. The van der Waals surface area contributed by atoms with Crippen LogP contribution in [0, 0.1) is 0 Å². The van der Waals surface area contributed by atoms with E-state index < -0.39 is 0 Å². The van der Waals surface area contributed by atoms with Crippen LogP contribution in [0.25, 0.3) is 0 Å². The van der Waals surface area contributed by atoms with Crippen LogP contribution in [-0.4, -0.2) is 52.4 Å². The summed E-state index contributed by atoms with van der Waals surface area (Å²) >= 11 is 0. The topological polar surface area (TPSA) is 33.7 Å². The van der Waals surface area contributed by atoms with E-state index >= 15 is 0 Å². The second kappa shape index (κ2) is 8.08. The van der Waals surface area contributed by atoms with Gasteiger partial charge in [0.2, 0.25) is 0 Å². The normalized spacial score (nSPS) is 12.7. The number of hydrogen-bond acceptors (Lipinski definition) is 4. The number of nitrogens with zero attached hydrogens (tertiary/aromatic N) is 1. The fraction of sp³-hybridized carbons (Fsp3) is 0.571. The number of hydrogen-bond donors (Lipinski definition) is 1. The van der Waals surface area contributed by atoms with Gasteiger partial charge in [0, 0.05) is 26.2 Å². The fourth-order valence-electron chi connectivity index (χ4n) is 1.91. The van der Waals surface area contributed by atoms with Crippen LogP contribution in [0.2, 0.25) is 0 Å². The van der Waals surface area contributed by atoms with E-state index in [0.717, 1.165) is 25.4 Å². The van der Waals surface area contributed by atoms with Crippen molar-refractivity contribution in [3.63, 3.8) is 0 Å². The average Bonchev–Trinajstić information content (AvgIpc) is 2.39. The van der Waals surface area contributed by atoms with E-state index in [4.69, 9.17) is 9.47 Å². The van der Waals surface area contributed by atoms with Gasteiger partial charge in [0.15, 0.2) is 0 Å². The number of nitrogens with one attached hydrogen (secondary N) is 1. The first-order chi connectivity index (χ1) is 8.69. The van der Waals surface area contributed by atoms with Crippen LogP contribution in [0.5, 0.6) is 5.75 Å². The van der Waals surface area contributed by atoms with Crippen molar-refractivity contribution in [2.45, 2.75) is 12.6 Å². The lowest BCUT2D eigenvalue weighted by Gasteiger charge is -2.23. The molecule has 0 bridgehead atoms. The lowest BCUT2D eigenvalue weighted by molar-refractivity contribution is 0.147. The second-order valence-corrected chi connectivity index (χ2v) is 4.49. The number of ether oxygens (including phenoxy) is 2. The summed E-state index contributed by atoms with van der Waals surface area (Å²) in [6.07, 6.45) is 0. The third kappa shape index (κ3) is 5.04. The molecule has 0 aliphatic heterocycles. The van der Waals surface area contributed by atoms with E-state index in [9.17, 15) is 0 Å².